The van der Waals surface area contributed by atoms with Crippen molar-refractivity contribution in [1.82, 2.24) is 0 Å². The van der Waals surface area contributed by atoms with Gasteiger partial charge in [-0.25, -0.2) is 0 Å². The molecule has 0 heterocycles. The van der Waals surface area contributed by atoms with Crippen molar-refractivity contribution in [1.29, 1.82) is 5.26 Å². The molecule has 19 heavy (non-hydrogen) atoms. The second-order valence-corrected chi connectivity index (χ2v) is 4.74. The Kier molecular flexibility index (Phi) is 6.18. The van der Waals surface area contributed by atoms with Gasteiger partial charge in [0.15, 0.2) is 0 Å². The van der Waals surface area contributed by atoms with Gasteiger partial charge in [-0.2, -0.15) is 5.26 Å². The van der Waals surface area contributed by atoms with Crippen LogP contribution in [0.1, 0.15) is 25.0 Å². The maximum absolute atomic E-state index is 9.10. The zero-order chi connectivity index (χ0) is 14.3. The molecule has 98 valence electrons. The Hall–Kier alpha value is -1.72. The molecule has 0 atom stereocenters. The number of hydrogen-bond acceptors (Lipinski definition) is 2. The van der Waals surface area contributed by atoms with Gasteiger partial charge in [0, 0.05) is 4.90 Å². The number of benzene rings is 2. The third-order valence-electron chi connectivity index (χ3n) is 2.70. The van der Waals surface area contributed by atoms with Crippen molar-refractivity contribution in [3.05, 3.63) is 53.6 Å². The number of hydrogen-bond donors (Lipinski definition) is 0. The smallest absolute Gasteiger partial charge is 0.100 e. The van der Waals surface area contributed by atoms with Crippen LogP contribution in [0.15, 0.2) is 47.4 Å². The van der Waals surface area contributed by atoms with Crippen LogP contribution in [-0.4, -0.2) is 6.26 Å². The fourth-order valence-corrected chi connectivity index (χ4v) is 2.25. The first-order chi connectivity index (χ1) is 9.24. The molecular weight excluding hydrogens is 250 g/mol. The summed E-state index contributed by atoms with van der Waals surface area (Å²) in [5.41, 5.74) is 4.24. The highest BCUT2D eigenvalue weighted by Crippen LogP contribution is 2.26. The normalized spacial score (nSPS) is 9.21. The van der Waals surface area contributed by atoms with Gasteiger partial charge in [0.05, 0.1) is 5.56 Å². The summed E-state index contributed by atoms with van der Waals surface area (Å²) in [7, 11) is 0. The molecule has 1 nitrogen and oxygen atoms in total. The third kappa shape index (κ3) is 3.87. The summed E-state index contributed by atoms with van der Waals surface area (Å²) in [4.78, 5) is 1.03. The number of rotatable bonds is 2. The van der Waals surface area contributed by atoms with Crippen molar-refractivity contribution in [2.75, 3.05) is 6.26 Å². The van der Waals surface area contributed by atoms with Gasteiger partial charge in [-0.15, -0.1) is 11.8 Å². The first-order valence-corrected chi connectivity index (χ1v) is 7.62. The summed E-state index contributed by atoms with van der Waals surface area (Å²) in [5.74, 6) is 0. The molecule has 0 aliphatic heterocycles. The first-order valence-electron chi connectivity index (χ1n) is 6.40. The van der Waals surface area contributed by atoms with Crippen LogP contribution >= 0.6 is 11.8 Å². The van der Waals surface area contributed by atoms with E-state index >= 15 is 0 Å². The van der Waals surface area contributed by atoms with E-state index in [0.29, 0.717) is 0 Å². The largest absolute Gasteiger partial charge is 0.192 e. The van der Waals surface area contributed by atoms with Crippen LogP contribution in [-0.2, 0) is 0 Å². The average molecular weight is 269 g/mol. The molecule has 2 aromatic rings. The van der Waals surface area contributed by atoms with Crippen LogP contribution < -0.4 is 0 Å². The molecule has 0 aliphatic rings. The van der Waals surface area contributed by atoms with Crippen LogP contribution in [0.4, 0.5) is 0 Å². The maximum Gasteiger partial charge on any atom is 0.100 e. The first kappa shape index (κ1) is 15.3. The lowest BCUT2D eigenvalue weighted by Gasteiger charge is -2.05. The highest BCUT2D eigenvalue weighted by atomic mass is 32.2. The van der Waals surface area contributed by atoms with Crippen molar-refractivity contribution in [2.45, 2.75) is 25.7 Å². The fraction of sp³-hybridized carbons (Fsp3) is 0.235. The van der Waals surface area contributed by atoms with Crippen LogP contribution in [0, 0.1) is 18.3 Å². The molecule has 0 bridgehead atoms. The topological polar surface area (TPSA) is 23.8 Å². The van der Waals surface area contributed by atoms with Crippen molar-refractivity contribution < 1.29 is 0 Å². The highest BCUT2D eigenvalue weighted by Gasteiger charge is 2.04. The van der Waals surface area contributed by atoms with Gasteiger partial charge in [-0.3, -0.25) is 0 Å². The van der Waals surface area contributed by atoms with E-state index in [1.54, 1.807) is 11.8 Å². The predicted octanol–water partition coefficient (Wildman–Crippen LogP) is 5.28. The quantitative estimate of drug-likeness (QED) is 0.692. The summed E-state index contributed by atoms with van der Waals surface area (Å²) in [6, 6.07) is 16.6. The Bertz CT molecular complexity index is 565. The lowest BCUT2D eigenvalue weighted by molar-refractivity contribution is 1.37. The van der Waals surface area contributed by atoms with Crippen molar-refractivity contribution in [3.63, 3.8) is 0 Å². The van der Waals surface area contributed by atoms with Crippen LogP contribution in [0.5, 0.6) is 0 Å². The number of aryl methyl sites for hydroxylation is 1. The van der Waals surface area contributed by atoms with Gasteiger partial charge in [0.2, 0.25) is 0 Å². The zero-order valence-electron chi connectivity index (χ0n) is 11.9. The van der Waals surface area contributed by atoms with Crippen LogP contribution in [0.25, 0.3) is 11.1 Å². The number of nitriles is 1. The molecule has 0 amide bonds. The van der Waals surface area contributed by atoms with E-state index in [4.69, 9.17) is 5.26 Å². The van der Waals surface area contributed by atoms with Gasteiger partial charge < -0.3 is 0 Å². The number of thioether (sulfide) groups is 1. The van der Waals surface area contributed by atoms with E-state index in [1.807, 2.05) is 32.2 Å². The molecule has 0 spiro atoms. The Morgan fingerprint density at radius 3 is 2.05 bits per heavy atom. The second-order valence-electron chi connectivity index (χ2n) is 3.89. The Labute approximate surface area is 120 Å². The summed E-state index contributed by atoms with van der Waals surface area (Å²) in [6.07, 6.45) is 1.99. The van der Waals surface area contributed by atoms with E-state index < -0.39 is 0 Å². The van der Waals surface area contributed by atoms with Gasteiger partial charge in [-0.05, 0) is 36.4 Å². The molecule has 0 saturated heterocycles. The van der Waals surface area contributed by atoms with Gasteiger partial charge in [0.1, 0.15) is 6.07 Å². The molecule has 2 rings (SSSR count). The minimum Gasteiger partial charge on any atom is -0.192 e. The van der Waals surface area contributed by atoms with Gasteiger partial charge in [-0.1, -0.05) is 49.7 Å². The molecule has 0 N–H and O–H groups in total. The van der Waals surface area contributed by atoms with E-state index in [2.05, 4.69) is 43.3 Å². The van der Waals surface area contributed by atoms with Gasteiger partial charge >= 0.3 is 0 Å². The molecule has 0 fully saturated rings. The van der Waals surface area contributed by atoms with E-state index in [-0.39, 0.29) is 0 Å². The summed E-state index contributed by atoms with van der Waals surface area (Å²) in [6.45, 7) is 6.07. The molecule has 0 aliphatic carbocycles. The third-order valence-corrected chi connectivity index (χ3v) is 3.50. The Morgan fingerprint density at radius 2 is 1.53 bits per heavy atom. The molecular formula is C17H19NS. The zero-order valence-corrected chi connectivity index (χ0v) is 12.7. The molecule has 0 radical (unpaired) electrons. The summed E-state index contributed by atoms with van der Waals surface area (Å²) >= 11 is 1.60. The molecule has 0 saturated carbocycles. The average Bonchev–Trinajstić information content (AvgIpc) is 2.49. The van der Waals surface area contributed by atoms with Crippen molar-refractivity contribution in [2.24, 2.45) is 0 Å². The fourth-order valence-electron chi connectivity index (χ4n) is 1.72. The Balaban J connectivity index is 0.000000861. The lowest BCUT2D eigenvalue weighted by Crippen LogP contribution is -1.84. The predicted molar refractivity (Wildman–Crippen MR) is 84.5 cm³/mol. The van der Waals surface area contributed by atoms with E-state index in [9.17, 15) is 0 Å². The van der Waals surface area contributed by atoms with Crippen molar-refractivity contribution in [3.8, 4) is 17.2 Å². The SMILES string of the molecule is CC.CSc1ccc(-c2ccc(C)cc2)cc1C#N. The molecule has 2 aromatic carbocycles. The highest BCUT2D eigenvalue weighted by molar-refractivity contribution is 7.98. The lowest BCUT2D eigenvalue weighted by atomic mass is 10.0. The summed E-state index contributed by atoms with van der Waals surface area (Å²) in [5, 5.41) is 9.10. The van der Waals surface area contributed by atoms with Crippen LogP contribution in [0.2, 0.25) is 0 Å². The van der Waals surface area contributed by atoms with E-state index in [1.165, 1.54) is 5.56 Å². The monoisotopic (exact) mass is 269 g/mol. The maximum atomic E-state index is 9.10. The molecule has 0 unspecified atom stereocenters. The molecule has 0 aromatic heterocycles. The summed E-state index contributed by atoms with van der Waals surface area (Å²) < 4.78 is 0. The minimum atomic E-state index is 0.746. The Morgan fingerprint density at radius 1 is 0.947 bits per heavy atom. The standard InChI is InChI=1S/C15H13NS.C2H6/c1-11-3-5-12(6-4-11)13-7-8-15(17-2)14(9-13)10-16;1-2/h3-9H,1-2H3;1-2H3. The van der Waals surface area contributed by atoms with Crippen LogP contribution in [0.3, 0.4) is 0 Å². The number of nitrogens with zero attached hydrogens (tertiary/aromatic N) is 1. The minimum absolute atomic E-state index is 0.746. The second kappa shape index (κ2) is 7.66. The van der Waals surface area contributed by atoms with Gasteiger partial charge in [0.25, 0.3) is 0 Å². The van der Waals surface area contributed by atoms with E-state index in [0.717, 1.165) is 21.6 Å². The molecule has 2 heteroatoms. The van der Waals surface area contributed by atoms with Crippen molar-refractivity contribution >= 4 is 11.8 Å².